The molecule has 1 aromatic carbocycles. The maximum absolute atomic E-state index is 12.4. The van der Waals surface area contributed by atoms with Crippen molar-refractivity contribution >= 4 is 28.4 Å². The first kappa shape index (κ1) is 17.0. The van der Waals surface area contributed by atoms with E-state index >= 15 is 0 Å². The Bertz CT molecular complexity index is 853. The van der Waals surface area contributed by atoms with Gasteiger partial charge in [0.15, 0.2) is 0 Å². The van der Waals surface area contributed by atoms with Crippen LogP contribution in [0.25, 0.3) is 10.9 Å². The minimum atomic E-state index is -0.992. The smallest absolute Gasteiger partial charge is 0.261 e. The minimum Gasteiger partial charge on any atom is -0.336 e. The van der Waals surface area contributed by atoms with Crippen LogP contribution in [0.1, 0.15) is 20.8 Å². The highest BCUT2D eigenvalue weighted by molar-refractivity contribution is 6.31. The largest absolute Gasteiger partial charge is 0.336 e. The van der Waals surface area contributed by atoms with Gasteiger partial charge in [-0.3, -0.25) is 14.2 Å². The quantitative estimate of drug-likeness (QED) is 0.928. The standard InChI is InChI=1S/C16H17ClN4O2/c1-10(2)16(3,8-18)20-14(22)7-21-9-19-13-5-4-11(17)6-12(13)15(21)23/h4-6,9-10H,7H2,1-3H3,(H,20,22). The fourth-order valence-electron chi connectivity index (χ4n) is 2.03. The van der Waals surface area contributed by atoms with Crippen LogP contribution in [-0.2, 0) is 11.3 Å². The van der Waals surface area contributed by atoms with E-state index in [0.717, 1.165) is 0 Å². The molecular formula is C16H17ClN4O2. The van der Waals surface area contributed by atoms with Crippen molar-refractivity contribution in [1.82, 2.24) is 14.9 Å². The van der Waals surface area contributed by atoms with Crippen molar-refractivity contribution < 1.29 is 4.79 Å². The monoisotopic (exact) mass is 332 g/mol. The number of amides is 1. The van der Waals surface area contributed by atoms with E-state index in [-0.39, 0.29) is 18.0 Å². The molecule has 0 saturated carbocycles. The summed E-state index contributed by atoms with van der Waals surface area (Å²) in [5.74, 6) is -0.491. The number of nitrogens with zero attached hydrogens (tertiary/aromatic N) is 3. The third-order valence-electron chi connectivity index (χ3n) is 3.89. The molecule has 6 nitrogen and oxygen atoms in total. The molecule has 1 atom stereocenters. The molecule has 2 aromatic rings. The number of nitrogens with one attached hydrogen (secondary N) is 1. The molecule has 7 heteroatoms. The number of halogens is 1. The van der Waals surface area contributed by atoms with E-state index in [9.17, 15) is 14.9 Å². The molecule has 2 rings (SSSR count). The molecule has 23 heavy (non-hydrogen) atoms. The number of nitriles is 1. The molecular weight excluding hydrogens is 316 g/mol. The third kappa shape index (κ3) is 3.51. The third-order valence-corrected chi connectivity index (χ3v) is 4.12. The maximum atomic E-state index is 12.4. The average molecular weight is 333 g/mol. The van der Waals surface area contributed by atoms with Gasteiger partial charge in [-0.1, -0.05) is 25.4 Å². The molecule has 0 fully saturated rings. The normalized spacial score (nSPS) is 13.6. The van der Waals surface area contributed by atoms with Gasteiger partial charge < -0.3 is 5.32 Å². The van der Waals surface area contributed by atoms with Crippen LogP contribution >= 0.6 is 11.6 Å². The second-order valence-corrected chi connectivity index (χ2v) is 6.29. The van der Waals surface area contributed by atoms with Crippen molar-refractivity contribution in [2.24, 2.45) is 5.92 Å². The van der Waals surface area contributed by atoms with Crippen LogP contribution < -0.4 is 10.9 Å². The van der Waals surface area contributed by atoms with Gasteiger partial charge in [0.2, 0.25) is 5.91 Å². The van der Waals surface area contributed by atoms with Crippen molar-refractivity contribution in [2.45, 2.75) is 32.9 Å². The summed E-state index contributed by atoms with van der Waals surface area (Å²) in [5, 5.41) is 12.7. The molecule has 0 bridgehead atoms. The summed E-state index contributed by atoms with van der Waals surface area (Å²) in [6.07, 6.45) is 1.32. The highest BCUT2D eigenvalue weighted by Gasteiger charge is 2.30. The lowest BCUT2D eigenvalue weighted by Crippen LogP contribution is -2.50. The van der Waals surface area contributed by atoms with Crippen LogP contribution in [0.15, 0.2) is 29.3 Å². The molecule has 1 N–H and O–H groups in total. The van der Waals surface area contributed by atoms with Gasteiger partial charge in [0.05, 0.1) is 23.3 Å². The highest BCUT2D eigenvalue weighted by Crippen LogP contribution is 2.16. The number of fused-ring (bicyclic) bond motifs is 1. The van der Waals surface area contributed by atoms with Crippen molar-refractivity contribution in [3.8, 4) is 6.07 Å². The lowest BCUT2D eigenvalue weighted by molar-refractivity contribution is -0.123. The Kier molecular flexibility index (Phi) is 4.71. The number of rotatable bonds is 4. The summed E-state index contributed by atoms with van der Waals surface area (Å²) in [6.45, 7) is 5.12. The molecule has 0 aliphatic carbocycles. The Morgan fingerprint density at radius 1 is 1.52 bits per heavy atom. The predicted octanol–water partition coefficient (Wildman–Crippen LogP) is 2.10. The zero-order chi connectivity index (χ0) is 17.2. The molecule has 0 radical (unpaired) electrons. The molecule has 0 saturated heterocycles. The van der Waals surface area contributed by atoms with Gasteiger partial charge in [-0.15, -0.1) is 0 Å². The summed E-state index contributed by atoms with van der Waals surface area (Å²) in [6, 6.07) is 6.91. The van der Waals surface area contributed by atoms with Crippen molar-refractivity contribution in [3.63, 3.8) is 0 Å². The molecule has 1 amide bonds. The Morgan fingerprint density at radius 3 is 2.83 bits per heavy atom. The minimum absolute atomic E-state index is 0.0679. The first-order chi connectivity index (χ1) is 10.8. The van der Waals surface area contributed by atoms with Crippen LogP contribution in [0.4, 0.5) is 0 Å². The van der Waals surface area contributed by atoms with E-state index in [4.69, 9.17) is 11.6 Å². The summed E-state index contributed by atoms with van der Waals surface area (Å²) >= 11 is 5.90. The van der Waals surface area contributed by atoms with Crippen molar-refractivity contribution in [2.75, 3.05) is 0 Å². The predicted molar refractivity (Wildman–Crippen MR) is 88.0 cm³/mol. The Balaban J connectivity index is 2.29. The Labute approximate surface area is 138 Å². The lowest BCUT2D eigenvalue weighted by atomic mass is 9.90. The zero-order valence-electron chi connectivity index (χ0n) is 13.1. The second kappa shape index (κ2) is 6.39. The SMILES string of the molecule is CC(C)C(C)(C#N)NC(=O)Cn1cnc2ccc(Cl)cc2c1=O. The second-order valence-electron chi connectivity index (χ2n) is 5.86. The van der Waals surface area contributed by atoms with Crippen LogP contribution in [-0.4, -0.2) is 21.0 Å². The Morgan fingerprint density at radius 2 is 2.22 bits per heavy atom. The summed E-state index contributed by atoms with van der Waals surface area (Å²) in [7, 11) is 0. The van der Waals surface area contributed by atoms with Crippen molar-refractivity contribution in [1.29, 1.82) is 5.26 Å². The molecule has 0 aliphatic rings. The zero-order valence-corrected chi connectivity index (χ0v) is 13.9. The number of benzene rings is 1. The lowest BCUT2D eigenvalue weighted by Gasteiger charge is -2.27. The number of carbonyl (C=O) groups excluding carboxylic acids is 1. The van der Waals surface area contributed by atoms with Crippen LogP contribution in [0.5, 0.6) is 0 Å². The molecule has 0 aliphatic heterocycles. The van der Waals surface area contributed by atoms with Crippen LogP contribution in [0.3, 0.4) is 0 Å². The number of hydrogen-bond donors (Lipinski definition) is 1. The van der Waals surface area contributed by atoms with E-state index in [1.165, 1.54) is 17.0 Å². The number of carbonyl (C=O) groups is 1. The van der Waals surface area contributed by atoms with E-state index < -0.39 is 11.4 Å². The molecule has 0 spiro atoms. The van der Waals surface area contributed by atoms with Gasteiger partial charge in [0.1, 0.15) is 12.1 Å². The van der Waals surface area contributed by atoms with Gasteiger partial charge in [-0.25, -0.2) is 4.98 Å². The molecule has 1 heterocycles. The van der Waals surface area contributed by atoms with E-state index in [0.29, 0.717) is 15.9 Å². The summed E-state index contributed by atoms with van der Waals surface area (Å²) < 4.78 is 1.20. The summed E-state index contributed by atoms with van der Waals surface area (Å²) in [4.78, 5) is 28.7. The fourth-order valence-corrected chi connectivity index (χ4v) is 2.20. The van der Waals surface area contributed by atoms with E-state index in [2.05, 4.69) is 16.4 Å². The fraction of sp³-hybridized carbons (Fsp3) is 0.375. The van der Waals surface area contributed by atoms with Crippen LogP contribution in [0, 0.1) is 17.2 Å². The summed E-state index contributed by atoms with van der Waals surface area (Å²) in [5.41, 5.74) is -0.829. The number of aromatic nitrogens is 2. The van der Waals surface area contributed by atoms with E-state index in [1.54, 1.807) is 19.1 Å². The van der Waals surface area contributed by atoms with Gasteiger partial charge >= 0.3 is 0 Å². The van der Waals surface area contributed by atoms with Gasteiger partial charge in [0.25, 0.3) is 5.56 Å². The van der Waals surface area contributed by atoms with Gasteiger partial charge in [-0.2, -0.15) is 5.26 Å². The average Bonchev–Trinajstić information content (AvgIpc) is 2.50. The Hall–Kier alpha value is -2.39. The molecule has 1 aromatic heterocycles. The maximum Gasteiger partial charge on any atom is 0.261 e. The molecule has 1 unspecified atom stereocenters. The highest BCUT2D eigenvalue weighted by atomic mass is 35.5. The van der Waals surface area contributed by atoms with Crippen LogP contribution in [0.2, 0.25) is 5.02 Å². The topological polar surface area (TPSA) is 87.8 Å². The van der Waals surface area contributed by atoms with E-state index in [1.807, 2.05) is 13.8 Å². The van der Waals surface area contributed by atoms with Crippen molar-refractivity contribution in [3.05, 3.63) is 39.9 Å². The molecule has 120 valence electrons. The first-order valence-corrected chi connectivity index (χ1v) is 7.51. The van der Waals surface area contributed by atoms with Gasteiger partial charge in [0, 0.05) is 5.02 Å². The number of hydrogen-bond acceptors (Lipinski definition) is 4. The first-order valence-electron chi connectivity index (χ1n) is 7.14. The van der Waals surface area contributed by atoms with Gasteiger partial charge in [-0.05, 0) is 31.0 Å².